The fraction of sp³-hybridized carbons (Fsp3) is 0.143. The third-order valence-corrected chi connectivity index (χ3v) is 3.91. The maximum atomic E-state index is 10.8. The minimum absolute atomic E-state index is 0.263. The van der Waals surface area contributed by atoms with Crippen LogP contribution >= 0.6 is 0 Å². The molecule has 0 aromatic rings. The van der Waals surface area contributed by atoms with E-state index in [2.05, 4.69) is 30.4 Å². The number of allylic oxidation sites excluding steroid dienone is 6. The Morgan fingerprint density at radius 2 is 1.76 bits per heavy atom. The quantitative estimate of drug-likeness (QED) is 0.596. The van der Waals surface area contributed by atoms with Crippen LogP contribution in [-0.2, 0) is 0 Å². The van der Waals surface area contributed by atoms with Gasteiger partial charge in [-0.25, -0.2) is 0 Å². The van der Waals surface area contributed by atoms with Crippen molar-refractivity contribution < 1.29 is 10.2 Å². The predicted octanol–water partition coefficient (Wildman–Crippen LogP) is 2.53. The van der Waals surface area contributed by atoms with Gasteiger partial charge in [-0.05, 0) is 29.9 Å². The molecule has 2 heterocycles. The summed E-state index contributed by atoms with van der Waals surface area (Å²) in [7, 11) is 0. The van der Waals surface area contributed by atoms with E-state index in [1.807, 2.05) is 18.2 Å². The summed E-state index contributed by atoms with van der Waals surface area (Å²) in [6.07, 6.45) is 17.6. The molecular formula is C21H24N2O2. The molecule has 0 aromatic heterocycles. The van der Waals surface area contributed by atoms with E-state index in [1.54, 1.807) is 48.7 Å². The summed E-state index contributed by atoms with van der Waals surface area (Å²) < 4.78 is 0. The average molecular weight is 336 g/mol. The van der Waals surface area contributed by atoms with Gasteiger partial charge in [-0.2, -0.15) is 0 Å². The number of rotatable bonds is 4. The summed E-state index contributed by atoms with van der Waals surface area (Å²) in [6.45, 7) is 11.4. The fourth-order valence-corrected chi connectivity index (χ4v) is 2.66. The molecule has 0 amide bonds. The molecule has 2 rings (SSSR count). The summed E-state index contributed by atoms with van der Waals surface area (Å²) >= 11 is 0. The van der Waals surface area contributed by atoms with Gasteiger partial charge in [0.2, 0.25) is 0 Å². The van der Waals surface area contributed by atoms with Gasteiger partial charge >= 0.3 is 0 Å². The van der Waals surface area contributed by atoms with Gasteiger partial charge in [0, 0.05) is 23.2 Å². The van der Waals surface area contributed by atoms with E-state index in [9.17, 15) is 10.2 Å². The first-order valence-electron chi connectivity index (χ1n) is 8.04. The molecule has 0 saturated heterocycles. The van der Waals surface area contributed by atoms with Gasteiger partial charge in [-0.15, -0.1) is 6.58 Å². The molecule has 0 saturated carbocycles. The zero-order valence-electron chi connectivity index (χ0n) is 14.1. The predicted molar refractivity (Wildman–Crippen MR) is 103 cm³/mol. The van der Waals surface area contributed by atoms with Crippen LogP contribution in [0.4, 0.5) is 0 Å². The summed E-state index contributed by atoms with van der Waals surface area (Å²) in [5.41, 5.74) is 2.74. The van der Waals surface area contributed by atoms with Gasteiger partial charge in [-0.1, -0.05) is 49.6 Å². The molecule has 4 N–H and O–H groups in total. The van der Waals surface area contributed by atoms with Crippen LogP contribution in [0.15, 0.2) is 109 Å². The number of aliphatic hydroxyl groups excluding tert-OH is 2. The molecule has 0 bridgehead atoms. The van der Waals surface area contributed by atoms with Gasteiger partial charge in [-0.3, -0.25) is 0 Å². The summed E-state index contributed by atoms with van der Waals surface area (Å²) in [4.78, 5) is 0. The highest BCUT2D eigenvalue weighted by Gasteiger charge is 2.28. The van der Waals surface area contributed by atoms with E-state index < -0.39 is 12.2 Å². The smallest absolute Gasteiger partial charge is 0.105 e. The van der Waals surface area contributed by atoms with Crippen molar-refractivity contribution in [2.45, 2.75) is 18.2 Å². The number of nitrogens with one attached hydrogen (secondary N) is 2. The van der Waals surface area contributed by atoms with Crippen LogP contribution in [-0.4, -0.2) is 28.5 Å². The molecule has 3 unspecified atom stereocenters. The molecule has 130 valence electrons. The number of hydrogen-bond acceptors (Lipinski definition) is 4. The van der Waals surface area contributed by atoms with Crippen LogP contribution in [0, 0.1) is 0 Å². The maximum Gasteiger partial charge on any atom is 0.105 e. The van der Waals surface area contributed by atoms with E-state index in [1.165, 1.54) is 0 Å². The third kappa shape index (κ3) is 4.59. The Hall–Kier alpha value is -2.82. The van der Waals surface area contributed by atoms with Crippen molar-refractivity contribution in [2.75, 3.05) is 0 Å². The van der Waals surface area contributed by atoms with Gasteiger partial charge in [0.05, 0.1) is 12.1 Å². The lowest BCUT2D eigenvalue weighted by Crippen LogP contribution is -2.40. The highest BCUT2D eigenvalue weighted by atomic mass is 16.3. The molecule has 0 radical (unpaired) electrons. The van der Waals surface area contributed by atoms with Crippen molar-refractivity contribution in [2.24, 2.45) is 0 Å². The standard InChI is InChI=1S/C21H24N2O2/c1-4-17-19(5-2)23-20(6-3)18(21(17)25)14-15-13-16(24)11-9-7-8-10-12-22-15/h4-14,16,20-25H,1-3H2/b8-7-,11-9+,12-10+,15-13-,18-14+. The fourth-order valence-electron chi connectivity index (χ4n) is 2.66. The summed E-state index contributed by atoms with van der Waals surface area (Å²) in [5.74, 6) is 0. The Labute approximate surface area is 149 Å². The number of hydrogen-bond donors (Lipinski definition) is 4. The normalized spacial score (nSPS) is 33.9. The Kier molecular flexibility index (Phi) is 6.57. The molecule has 2 aliphatic heterocycles. The van der Waals surface area contributed by atoms with Gasteiger partial charge < -0.3 is 20.8 Å². The van der Waals surface area contributed by atoms with Gasteiger partial charge in [0.1, 0.15) is 6.10 Å². The third-order valence-electron chi connectivity index (χ3n) is 3.91. The van der Waals surface area contributed by atoms with E-state index in [0.717, 1.165) is 5.70 Å². The van der Waals surface area contributed by atoms with Crippen molar-refractivity contribution in [3.8, 4) is 0 Å². The van der Waals surface area contributed by atoms with Crippen molar-refractivity contribution in [1.29, 1.82) is 0 Å². The van der Waals surface area contributed by atoms with Crippen LogP contribution in [0.3, 0.4) is 0 Å². The van der Waals surface area contributed by atoms with E-state index in [4.69, 9.17) is 0 Å². The van der Waals surface area contributed by atoms with E-state index in [0.29, 0.717) is 16.8 Å². The van der Waals surface area contributed by atoms with Crippen LogP contribution in [0.1, 0.15) is 0 Å². The molecule has 4 heteroatoms. The van der Waals surface area contributed by atoms with Crippen LogP contribution in [0.5, 0.6) is 0 Å². The van der Waals surface area contributed by atoms with Crippen molar-refractivity contribution >= 4 is 0 Å². The lowest BCUT2D eigenvalue weighted by Gasteiger charge is -2.32. The molecule has 4 nitrogen and oxygen atoms in total. The molecule has 25 heavy (non-hydrogen) atoms. The molecule has 0 fully saturated rings. The van der Waals surface area contributed by atoms with E-state index in [-0.39, 0.29) is 6.04 Å². The number of aliphatic hydroxyl groups is 2. The lowest BCUT2D eigenvalue weighted by molar-refractivity contribution is 0.235. The van der Waals surface area contributed by atoms with Crippen LogP contribution in [0.25, 0.3) is 0 Å². The highest BCUT2D eigenvalue weighted by Crippen LogP contribution is 2.27. The van der Waals surface area contributed by atoms with Crippen molar-refractivity contribution in [3.05, 3.63) is 109 Å². The molecule has 0 aromatic carbocycles. The second-order valence-corrected chi connectivity index (χ2v) is 5.57. The Morgan fingerprint density at radius 3 is 2.44 bits per heavy atom. The van der Waals surface area contributed by atoms with Gasteiger partial charge in [0.25, 0.3) is 0 Å². The Bertz CT molecular complexity index is 720. The van der Waals surface area contributed by atoms with Crippen molar-refractivity contribution in [3.63, 3.8) is 0 Å². The zero-order chi connectivity index (χ0) is 18.2. The van der Waals surface area contributed by atoms with Crippen molar-refractivity contribution in [1.82, 2.24) is 10.6 Å². The summed E-state index contributed by atoms with van der Waals surface area (Å²) in [6, 6.07) is -0.263. The first-order chi connectivity index (χ1) is 12.1. The summed E-state index contributed by atoms with van der Waals surface area (Å²) in [5, 5.41) is 27.2. The largest absolute Gasteiger partial charge is 0.385 e. The molecular weight excluding hydrogens is 312 g/mol. The van der Waals surface area contributed by atoms with Crippen LogP contribution < -0.4 is 10.6 Å². The minimum atomic E-state index is -0.843. The zero-order valence-corrected chi connectivity index (χ0v) is 14.1. The minimum Gasteiger partial charge on any atom is -0.385 e. The monoisotopic (exact) mass is 336 g/mol. The topological polar surface area (TPSA) is 64.5 Å². The first kappa shape index (κ1) is 18.5. The lowest BCUT2D eigenvalue weighted by atomic mass is 9.88. The molecule has 0 spiro atoms. The van der Waals surface area contributed by atoms with E-state index >= 15 is 0 Å². The van der Waals surface area contributed by atoms with Gasteiger partial charge in [0.15, 0.2) is 0 Å². The highest BCUT2D eigenvalue weighted by molar-refractivity contribution is 5.48. The SMILES string of the molecule is C=CC1=C(C=C)C(O)/C(=C/C2=C/C(O)/C=C/C=C\C=C\N2)C(C=C)N1. The Morgan fingerprint density at radius 1 is 1.00 bits per heavy atom. The first-order valence-corrected chi connectivity index (χ1v) is 8.04. The second-order valence-electron chi connectivity index (χ2n) is 5.57. The molecule has 3 atom stereocenters. The Balaban J connectivity index is 2.45. The maximum absolute atomic E-state index is 10.8. The van der Waals surface area contributed by atoms with Crippen LogP contribution in [0.2, 0.25) is 0 Å². The second kappa shape index (κ2) is 8.87. The molecule has 2 aliphatic rings. The molecule has 0 aliphatic carbocycles. The average Bonchev–Trinajstić information content (AvgIpc) is 2.61.